The average molecular weight is 212 g/mol. The molecular formula is C13H24O2. The molecule has 2 nitrogen and oxygen atoms in total. The fraction of sp³-hybridized carbons (Fsp3) is 0.923. The Hall–Kier alpha value is -0.530. The molecule has 88 valence electrons. The SMILES string of the molecule is CCC(C)C(=O)OC1CCCC1C(C)C. The first-order valence-electron chi connectivity index (χ1n) is 6.26. The van der Waals surface area contributed by atoms with Gasteiger partial charge in [0, 0.05) is 0 Å². The number of carbonyl (C=O) groups is 1. The number of rotatable bonds is 4. The highest BCUT2D eigenvalue weighted by atomic mass is 16.5. The van der Waals surface area contributed by atoms with Crippen molar-refractivity contribution in [3.63, 3.8) is 0 Å². The van der Waals surface area contributed by atoms with Crippen LogP contribution in [0.2, 0.25) is 0 Å². The maximum absolute atomic E-state index is 11.7. The molecule has 0 heterocycles. The van der Waals surface area contributed by atoms with Gasteiger partial charge in [0.1, 0.15) is 6.10 Å². The molecule has 1 aliphatic carbocycles. The van der Waals surface area contributed by atoms with E-state index in [9.17, 15) is 4.79 Å². The Morgan fingerprint density at radius 1 is 1.33 bits per heavy atom. The van der Waals surface area contributed by atoms with Gasteiger partial charge in [-0.2, -0.15) is 0 Å². The van der Waals surface area contributed by atoms with E-state index in [1.54, 1.807) is 0 Å². The molecule has 0 aliphatic heterocycles. The van der Waals surface area contributed by atoms with E-state index < -0.39 is 0 Å². The topological polar surface area (TPSA) is 26.3 Å². The van der Waals surface area contributed by atoms with E-state index in [1.165, 1.54) is 12.8 Å². The van der Waals surface area contributed by atoms with Crippen LogP contribution in [0.5, 0.6) is 0 Å². The molecule has 1 saturated carbocycles. The van der Waals surface area contributed by atoms with Crippen molar-refractivity contribution in [2.75, 3.05) is 0 Å². The van der Waals surface area contributed by atoms with Crippen LogP contribution in [0.1, 0.15) is 53.4 Å². The fourth-order valence-corrected chi connectivity index (χ4v) is 2.30. The summed E-state index contributed by atoms with van der Waals surface area (Å²) in [5.41, 5.74) is 0. The van der Waals surface area contributed by atoms with E-state index in [0.717, 1.165) is 12.8 Å². The van der Waals surface area contributed by atoms with Gasteiger partial charge in [0.25, 0.3) is 0 Å². The zero-order valence-electron chi connectivity index (χ0n) is 10.5. The second-order valence-corrected chi connectivity index (χ2v) is 5.12. The molecule has 3 unspecified atom stereocenters. The van der Waals surface area contributed by atoms with Crippen LogP contribution in [0.15, 0.2) is 0 Å². The monoisotopic (exact) mass is 212 g/mol. The second-order valence-electron chi connectivity index (χ2n) is 5.12. The van der Waals surface area contributed by atoms with Gasteiger partial charge in [-0.05, 0) is 37.5 Å². The van der Waals surface area contributed by atoms with Gasteiger partial charge >= 0.3 is 5.97 Å². The third-order valence-corrected chi connectivity index (χ3v) is 3.64. The Labute approximate surface area is 93.4 Å². The summed E-state index contributed by atoms with van der Waals surface area (Å²) in [7, 11) is 0. The molecule has 1 fully saturated rings. The van der Waals surface area contributed by atoms with Crippen molar-refractivity contribution < 1.29 is 9.53 Å². The van der Waals surface area contributed by atoms with Crippen molar-refractivity contribution in [1.82, 2.24) is 0 Å². The lowest BCUT2D eigenvalue weighted by Crippen LogP contribution is -2.28. The molecule has 0 aromatic carbocycles. The molecule has 1 rings (SSSR count). The van der Waals surface area contributed by atoms with Crippen LogP contribution >= 0.6 is 0 Å². The molecule has 3 atom stereocenters. The standard InChI is InChI=1S/C13H24O2/c1-5-10(4)13(14)15-12-8-6-7-11(12)9(2)3/h9-12H,5-8H2,1-4H3. The maximum atomic E-state index is 11.7. The van der Waals surface area contributed by atoms with Crippen molar-refractivity contribution in [1.29, 1.82) is 0 Å². The zero-order chi connectivity index (χ0) is 11.4. The van der Waals surface area contributed by atoms with Crippen LogP contribution in [0, 0.1) is 17.8 Å². The number of esters is 1. The van der Waals surface area contributed by atoms with Crippen molar-refractivity contribution >= 4 is 5.97 Å². The molecule has 2 heteroatoms. The highest BCUT2D eigenvalue weighted by Crippen LogP contribution is 2.34. The molecule has 15 heavy (non-hydrogen) atoms. The molecule has 0 N–H and O–H groups in total. The minimum absolute atomic E-state index is 0.00458. The minimum Gasteiger partial charge on any atom is -0.462 e. The van der Waals surface area contributed by atoms with Crippen LogP contribution in [0.25, 0.3) is 0 Å². The van der Waals surface area contributed by atoms with E-state index in [-0.39, 0.29) is 18.0 Å². The first kappa shape index (κ1) is 12.5. The molecule has 0 radical (unpaired) electrons. The summed E-state index contributed by atoms with van der Waals surface area (Å²) in [6.07, 6.45) is 4.55. The quantitative estimate of drug-likeness (QED) is 0.668. The van der Waals surface area contributed by atoms with Gasteiger partial charge in [0.05, 0.1) is 5.92 Å². The minimum atomic E-state index is -0.00458. The number of ether oxygens (including phenoxy) is 1. The van der Waals surface area contributed by atoms with Gasteiger partial charge < -0.3 is 4.74 Å². The predicted molar refractivity (Wildman–Crippen MR) is 61.5 cm³/mol. The molecule has 0 bridgehead atoms. The van der Waals surface area contributed by atoms with Crippen molar-refractivity contribution in [2.45, 2.75) is 59.5 Å². The smallest absolute Gasteiger partial charge is 0.308 e. The molecule has 0 aromatic rings. The molecule has 0 spiro atoms. The lowest BCUT2D eigenvalue weighted by atomic mass is 9.92. The van der Waals surface area contributed by atoms with Crippen molar-refractivity contribution in [2.24, 2.45) is 17.8 Å². The Morgan fingerprint density at radius 2 is 2.00 bits per heavy atom. The summed E-state index contributed by atoms with van der Waals surface area (Å²) in [4.78, 5) is 11.7. The van der Waals surface area contributed by atoms with E-state index in [4.69, 9.17) is 4.74 Å². The Bertz CT molecular complexity index is 211. The van der Waals surface area contributed by atoms with Gasteiger partial charge in [0.2, 0.25) is 0 Å². The van der Waals surface area contributed by atoms with E-state index in [0.29, 0.717) is 11.8 Å². The highest BCUT2D eigenvalue weighted by Gasteiger charge is 2.33. The Morgan fingerprint density at radius 3 is 2.53 bits per heavy atom. The van der Waals surface area contributed by atoms with Crippen LogP contribution in [0.4, 0.5) is 0 Å². The van der Waals surface area contributed by atoms with Gasteiger partial charge in [-0.25, -0.2) is 0 Å². The number of hydrogen-bond donors (Lipinski definition) is 0. The fourth-order valence-electron chi connectivity index (χ4n) is 2.30. The summed E-state index contributed by atoms with van der Waals surface area (Å²) in [6, 6.07) is 0. The van der Waals surface area contributed by atoms with Crippen LogP contribution < -0.4 is 0 Å². The maximum Gasteiger partial charge on any atom is 0.308 e. The molecule has 0 amide bonds. The Balaban J connectivity index is 2.47. The van der Waals surface area contributed by atoms with E-state index in [2.05, 4.69) is 13.8 Å². The number of carbonyl (C=O) groups excluding carboxylic acids is 1. The summed E-state index contributed by atoms with van der Waals surface area (Å²) < 4.78 is 5.60. The average Bonchev–Trinajstić information content (AvgIpc) is 2.64. The summed E-state index contributed by atoms with van der Waals surface area (Å²) in [5.74, 6) is 1.26. The summed E-state index contributed by atoms with van der Waals surface area (Å²) >= 11 is 0. The van der Waals surface area contributed by atoms with Gasteiger partial charge in [0.15, 0.2) is 0 Å². The lowest BCUT2D eigenvalue weighted by Gasteiger charge is -2.24. The molecule has 0 saturated heterocycles. The summed E-state index contributed by atoms with van der Waals surface area (Å²) in [6.45, 7) is 8.42. The first-order valence-corrected chi connectivity index (χ1v) is 6.26. The van der Waals surface area contributed by atoms with Gasteiger partial charge in [-0.15, -0.1) is 0 Å². The third-order valence-electron chi connectivity index (χ3n) is 3.64. The second kappa shape index (κ2) is 5.53. The first-order chi connectivity index (χ1) is 7.06. The van der Waals surface area contributed by atoms with Crippen LogP contribution in [0.3, 0.4) is 0 Å². The van der Waals surface area contributed by atoms with Crippen LogP contribution in [-0.2, 0) is 9.53 Å². The van der Waals surface area contributed by atoms with Gasteiger partial charge in [-0.1, -0.05) is 27.7 Å². The van der Waals surface area contributed by atoms with Gasteiger partial charge in [-0.3, -0.25) is 4.79 Å². The zero-order valence-corrected chi connectivity index (χ0v) is 10.5. The highest BCUT2D eigenvalue weighted by molar-refractivity contribution is 5.72. The summed E-state index contributed by atoms with van der Waals surface area (Å²) in [5, 5.41) is 0. The molecular weight excluding hydrogens is 188 g/mol. The van der Waals surface area contributed by atoms with Crippen molar-refractivity contribution in [3.8, 4) is 0 Å². The molecule has 1 aliphatic rings. The van der Waals surface area contributed by atoms with Crippen molar-refractivity contribution in [3.05, 3.63) is 0 Å². The lowest BCUT2D eigenvalue weighted by molar-refractivity contribution is -0.156. The van der Waals surface area contributed by atoms with Crippen LogP contribution in [-0.4, -0.2) is 12.1 Å². The van der Waals surface area contributed by atoms with E-state index >= 15 is 0 Å². The molecule has 0 aromatic heterocycles. The third kappa shape index (κ3) is 3.22. The Kier molecular flexibility index (Phi) is 4.62. The van der Waals surface area contributed by atoms with E-state index in [1.807, 2.05) is 13.8 Å². The normalized spacial score (nSPS) is 28.1. The number of hydrogen-bond acceptors (Lipinski definition) is 2. The predicted octanol–water partition coefficient (Wildman–Crippen LogP) is 3.40. The largest absolute Gasteiger partial charge is 0.462 e.